The fourth-order valence-electron chi connectivity index (χ4n) is 6.58. The third-order valence-electron chi connectivity index (χ3n) is 8.11. The van der Waals surface area contributed by atoms with Crippen molar-refractivity contribution in [3.63, 3.8) is 0 Å². The molecule has 0 amide bonds. The molecule has 2 nitrogen and oxygen atoms in total. The second-order valence-corrected chi connectivity index (χ2v) is 10.2. The van der Waals surface area contributed by atoms with Crippen LogP contribution in [0.3, 0.4) is 0 Å². The highest BCUT2D eigenvalue weighted by atomic mass is 16.3. The Bertz CT molecular complexity index is 1990. The second-order valence-electron chi connectivity index (χ2n) is 10.2. The fourth-order valence-corrected chi connectivity index (χ4v) is 6.58. The summed E-state index contributed by atoms with van der Waals surface area (Å²) < 4.78 is 6.35. The van der Waals surface area contributed by atoms with Gasteiger partial charge < -0.3 is 9.73 Å². The van der Waals surface area contributed by atoms with Crippen LogP contribution < -0.4 is 5.32 Å². The molecule has 0 saturated carbocycles. The van der Waals surface area contributed by atoms with Gasteiger partial charge in [-0.1, -0.05) is 109 Å². The largest absolute Gasteiger partial charge is 0.456 e. The molecular weight excluding hydrogens is 474 g/mol. The Morgan fingerprint density at radius 2 is 1.18 bits per heavy atom. The quantitative estimate of drug-likeness (QED) is 0.261. The van der Waals surface area contributed by atoms with Gasteiger partial charge in [0.25, 0.3) is 0 Å². The number of nitrogens with one attached hydrogen (secondary N) is 1. The van der Waals surface area contributed by atoms with Gasteiger partial charge >= 0.3 is 0 Å². The van der Waals surface area contributed by atoms with E-state index in [9.17, 15) is 0 Å². The first-order chi connectivity index (χ1) is 19.3. The van der Waals surface area contributed by atoms with Crippen LogP contribution in [0, 0.1) is 0 Å². The number of para-hydroxylation sites is 2. The Balaban J connectivity index is 1.48. The van der Waals surface area contributed by atoms with E-state index in [2.05, 4.69) is 139 Å². The highest BCUT2D eigenvalue weighted by Crippen LogP contribution is 2.58. The second kappa shape index (κ2) is 8.47. The van der Waals surface area contributed by atoms with Gasteiger partial charge in [-0.25, -0.2) is 0 Å². The molecule has 1 unspecified atom stereocenters. The molecule has 2 heteroatoms. The molecule has 0 saturated heterocycles. The summed E-state index contributed by atoms with van der Waals surface area (Å²) in [6.45, 7) is 0. The predicted octanol–water partition coefficient (Wildman–Crippen LogP) is 9.69. The van der Waals surface area contributed by atoms with Crippen molar-refractivity contribution in [3.05, 3.63) is 168 Å². The van der Waals surface area contributed by atoms with Crippen molar-refractivity contribution < 1.29 is 4.42 Å². The average Bonchev–Trinajstić information content (AvgIpc) is 3.52. The molecule has 8 rings (SSSR count). The number of rotatable bonds is 4. The van der Waals surface area contributed by atoms with Crippen LogP contribution in [0.25, 0.3) is 33.1 Å². The molecule has 1 heterocycles. The molecule has 0 bridgehead atoms. The lowest BCUT2D eigenvalue weighted by Gasteiger charge is -2.34. The molecule has 1 atom stereocenters. The lowest BCUT2D eigenvalue weighted by Crippen LogP contribution is -2.28. The Hall–Kier alpha value is -5.08. The summed E-state index contributed by atoms with van der Waals surface area (Å²) in [5.41, 5.74) is 11.1. The minimum absolute atomic E-state index is 0.478. The SMILES string of the molecule is c1ccc(Nc2cccc(C3(c4ccccc4)c4ccccc4-c4c3ccc3oc5ccccc5c43)c2)cc1. The Kier molecular flexibility index (Phi) is 4.77. The molecule has 184 valence electrons. The van der Waals surface area contributed by atoms with E-state index < -0.39 is 5.41 Å². The van der Waals surface area contributed by atoms with E-state index in [0.717, 1.165) is 27.9 Å². The van der Waals surface area contributed by atoms with Gasteiger partial charge in [0, 0.05) is 22.1 Å². The summed E-state index contributed by atoms with van der Waals surface area (Å²) in [4.78, 5) is 0. The fraction of sp³-hybridized carbons (Fsp3) is 0.0270. The predicted molar refractivity (Wildman–Crippen MR) is 161 cm³/mol. The molecule has 0 fully saturated rings. The number of hydrogen-bond acceptors (Lipinski definition) is 2. The molecule has 1 aliphatic carbocycles. The Morgan fingerprint density at radius 1 is 0.487 bits per heavy atom. The van der Waals surface area contributed by atoms with Gasteiger partial charge in [-0.15, -0.1) is 0 Å². The maximum absolute atomic E-state index is 6.35. The minimum atomic E-state index is -0.478. The zero-order chi connectivity index (χ0) is 25.8. The van der Waals surface area contributed by atoms with Crippen LogP contribution >= 0.6 is 0 Å². The minimum Gasteiger partial charge on any atom is -0.456 e. The van der Waals surface area contributed by atoms with Gasteiger partial charge in [-0.05, 0) is 69.8 Å². The summed E-state index contributed by atoms with van der Waals surface area (Å²) in [6, 6.07) is 51.9. The van der Waals surface area contributed by atoms with Crippen molar-refractivity contribution in [2.75, 3.05) is 5.32 Å². The van der Waals surface area contributed by atoms with E-state index in [1.165, 1.54) is 38.8 Å². The van der Waals surface area contributed by atoms with Crippen LogP contribution in [0.15, 0.2) is 150 Å². The molecule has 1 N–H and O–H groups in total. The zero-order valence-electron chi connectivity index (χ0n) is 21.3. The highest BCUT2D eigenvalue weighted by Gasteiger charge is 2.47. The monoisotopic (exact) mass is 499 g/mol. The standard InChI is InChI=1S/C37H25NO/c1-3-12-25(13-4-1)37(26-14-11-17-28(24-26)38-27-15-5-2-6-16-27)31-20-9-7-18-29(31)35-32(37)22-23-34-36(35)30-19-8-10-21-33(30)39-34/h1-24,38H. The first kappa shape index (κ1) is 22.0. The third-order valence-corrected chi connectivity index (χ3v) is 8.11. The zero-order valence-corrected chi connectivity index (χ0v) is 21.3. The van der Waals surface area contributed by atoms with Crippen LogP contribution in [-0.2, 0) is 5.41 Å². The molecule has 0 aliphatic heterocycles. The summed E-state index contributed by atoms with van der Waals surface area (Å²) in [5, 5.41) is 5.96. The number of furan rings is 1. The smallest absolute Gasteiger partial charge is 0.136 e. The molecule has 7 aromatic rings. The van der Waals surface area contributed by atoms with Crippen molar-refractivity contribution in [3.8, 4) is 11.1 Å². The van der Waals surface area contributed by atoms with Gasteiger partial charge in [-0.2, -0.15) is 0 Å². The maximum atomic E-state index is 6.35. The number of benzene rings is 6. The maximum Gasteiger partial charge on any atom is 0.136 e. The van der Waals surface area contributed by atoms with Gasteiger partial charge in [0.05, 0.1) is 5.41 Å². The van der Waals surface area contributed by atoms with Crippen LogP contribution in [0.1, 0.15) is 22.3 Å². The Morgan fingerprint density at radius 3 is 2.05 bits per heavy atom. The summed E-state index contributed by atoms with van der Waals surface area (Å²) in [5.74, 6) is 0. The Labute approximate surface area is 227 Å². The van der Waals surface area contributed by atoms with E-state index in [4.69, 9.17) is 4.42 Å². The van der Waals surface area contributed by atoms with Crippen molar-refractivity contribution >= 4 is 33.3 Å². The number of fused-ring (bicyclic) bond motifs is 7. The van der Waals surface area contributed by atoms with Crippen LogP contribution in [0.5, 0.6) is 0 Å². The van der Waals surface area contributed by atoms with Gasteiger partial charge in [-0.3, -0.25) is 0 Å². The molecule has 0 spiro atoms. The van der Waals surface area contributed by atoms with Crippen LogP contribution in [0.4, 0.5) is 11.4 Å². The van der Waals surface area contributed by atoms with Crippen molar-refractivity contribution in [1.82, 2.24) is 0 Å². The van der Waals surface area contributed by atoms with E-state index in [-0.39, 0.29) is 0 Å². The molecule has 0 radical (unpaired) electrons. The summed E-state index contributed by atoms with van der Waals surface area (Å²) in [7, 11) is 0. The van der Waals surface area contributed by atoms with Crippen molar-refractivity contribution in [1.29, 1.82) is 0 Å². The van der Waals surface area contributed by atoms with E-state index in [1.807, 2.05) is 12.1 Å². The lowest BCUT2D eigenvalue weighted by atomic mass is 9.67. The van der Waals surface area contributed by atoms with Crippen molar-refractivity contribution in [2.45, 2.75) is 5.41 Å². The van der Waals surface area contributed by atoms with Gasteiger partial charge in [0.15, 0.2) is 0 Å². The number of hydrogen-bond donors (Lipinski definition) is 1. The highest BCUT2D eigenvalue weighted by molar-refractivity contribution is 6.15. The topological polar surface area (TPSA) is 25.2 Å². The first-order valence-electron chi connectivity index (χ1n) is 13.4. The first-order valence-corrected chi connectivity index (χ1v) is 13.4. The van der Waals surface area contributed by atoms with Crippen LogP contribution in [-0.4, -0.2) is 0 Å². The van der Waals surface area contributed by atoms with E-state index >= 15 is 0 Å². The average molecular weight is 500 g/mol. The molecular formula is C37H25NO. The van der Waals surface area contributed by atoms with Gasteiger partial charge in [0.1, 0.15) is 11.2 Å². The third kappa shape index (κ3) is 3.15. The molecule has 6 aromatic carbocycles. The van der Waals surface area contributed by atoms with Crippen molar-refractivity contribution in [2.24, 2.45) is 0 Å². The molecule has 1 aliphatic rings. The molecule has 39 heavy (non-hydrogen) atoms. The summed E-state index contributed by atoms with van der Waals surface area (Å²) in [6.07, 6.45) is 0. The van der Waals surface area contributed by atoms with Crippen LogP contribution in [0.2, 0.25) is 0 Å². The van der Waals surface area contributed by atoms with Gasteiger partial charge in [0.2, 0.25) is 0 Å². The summed E-state index contributed by atoms with van der Waals surface area (Å²) >= 11 is 0. The lowest BCUT2D eigenvalue weighted by molar-refractivity contribution is 0.668. The van der Waals surface area contributed by atoms with E-state index in [1.54, 1.807) is 0 Å². The van der Waals surface area contributed by atoms with E-state index in [0.29, 0.717) is 0 Å². The number of anilines is 2. The molecule has 1 aromatic heterocycles. The normalized spacial score (nSPS) is 15.8.